The first kappa shape index (κ1) is 15.6. The highest BCUT2D eigenvalue weighted by Gasteiger charge is 2.40. The third-order valence-electron chi connectivity index (χ3n) is 2.96. The number of aliphatic hydroxyl groups excluding tert-OH is 1. The molecule has 5 nitrogen and oxygen atoms in total. The van der Waals surface area contributed by atoms with E-state index in [0.717, 1.165) is 12.1 Å². The normalized spacial score (nSPS) is 24.5. The Bertz CT molecular complexity index is 693. The predicted molar refractivity (Wildman–Crippen MR) is 65.2 cm³/mol. The van der Waals surface area contributed by atoms with Gasteiger partial charge in [0, 0.05) is 0 Å². The molecule has 0 amide bonds. The first-order chi connectivity index (χ1) is 9.62. The number of ether oxygens (including phenoxy) is 1. The van der Waals surface area contributed by atoms with Gasteiger partial charge in [-0.3, -0.25) is 0 Å². The number of halogens is 3. The topological polar surface area (TPSA) is 87.4 Å². The van der Waals surface area contributed by atoms with Crippen molar-refractivity contribution >= 4 is 9.84 Å². The highest BCUT2D eigenvalue weighted by Crippen LogP contribution is 2.37. The Morgan fingerprint density at radius 1 is 1.33 bits per heavy atom. The summed E-state index contributed by atoms with van der Waals surface area (Å²) in [5.74, 6) is -1.71. The van der Waals surface area contributed by atoms with Gasteiger partial charge in [-0.15, -0.1) is 0 Å². The van der Waals surface area contributed by atoms with E-state index in [-0.39, 0.29) is 5.56 Å². The van der Waals surface area contributed by atoms with Crippen molar-refractivity contribution in [2.75, 3.05) is 11.5 Å². The van der Waals surface area contributed by atoms with Crippen LogP contribution in [-0.2, 0) is 16.0 Å². The van der Waals surface area contributed by atoms with Gasteiger partial charge in [0.15, 0.2) is 9.84 Å². The lowest BCUT2D eigenvalue weighted by Gasteiger charge is -2.19. The third-order valence-corrected chi connectivity index (χ3v) is 4.65. The van der Waals surface area contributed by atoms with Crippen LogP contribution >= 0.6 is 0 Å². The van der Waals surface area contributed by atoms with Crippen molar-refractivity contribution in [3.63, 3.8) is 0 Å². The molecule has 2 rings (SSSR count). The highest BCUT2D eigenvalue weighted by atomic mass is 32.2. The third kappa shape index (κ3) is 3.46. The fraction of sp³-hybridized carbons (Fsp3) is 0.417. The highest BCUT2D eigenvalue weighted by molar-refractivity contribution is 7.91. The van der Waals surface area contributed by atoms with Crippen molar-refractivity contribution in [1.82, 2.24) is 0 Å². The molecule has 1 heterocycles. The van der Waals surface area contributed by atoms with Gasteiger partial charge < -0.3 is 9.84 Å². The average molecular weight is 321 g/mol. The summed E-state index contributed by atoms with van der Waals surface area (Å²) in [5, 5.41) is 18.2. The molecule has 2 atom stereocenters. The first-order valence-electron chi connectivity index (χ1n) is 5.79. The molecule has 21 heavy (non-hydrogen) atoms. The SMILES string of the molecule is N#Cc1ccc(OC2CS(=O)(=O)CC2O)c(C(F)(F)F)c1. The van der Waals surface area contributed by atoms with E-state index >= 15 is 0 Å². The Balaban J connectivity index is 2.35. The monoisotopic (exact) mass is 321 g/mol. The summed E-state index contributed by atoms with van der Waals surface area (Å²) in [7, 11) is -3.53. The van der Waals surface area contributed by atoms with Crippen LogP contribution in [0.5, 0.6) is 5.75 Å². The second-order valence-corrected chi connectivity index (χ2v) is 6.77. The van der Waals surface area contributed by atoms with Crippen LogP contribution in [0, 0.1) is 11.3 Å². The average Bonchev–Trinajstić information content (AvgIpc) is 2.61. The van der Waals surface area contributed by atoms with Crippen molar-refractivity contribution < 1.29 is 31.4 Å². The number of nitrogens with zero attached hydrogens (tertiary/aromatic N) is 1. The largest absolute Gasteiger partial charge is 0.486 e. The fourth-order valence-electron chi connectivity index (χ4n) is 2.00. The van der Waals surface area contributed by atoms with Gasteiger partial charge in [0.25, 0.3) is 0 Å². The zero-order chi connectivity index (χ0) is 15.8. The summed E-state index contributed by atoms with van der Waals surface area (Å²) in [6, 6.07) is 4.27. The molecular weight excluding hydrogens is 311 g/mol. The van der Waals surface area contributed by atoms with Crippen LogP contribution < -0.4 is 4.74 Å². The van der Waals surface area contributed by atoms with Gasteiger partial charge in [-0.1, -0.05) is 0 Å². The van der Waals surface area contributed by atoms with E-state index < -0.39 is 51.0 Å². The molecule has 0 spiro atoms. The predicted octanol–water partition coefficient (Wildman–Crippen LogP) is 1.11. The Morgan fingerprint density at radius 3 is 2.48 bits per heavy atom. The molecule has 1 aromatic carbocycles. The van der Waals surface area contributed by atoms with Gasteiger partial charge >= 0.3 is 6.18 Å². The molecule has 0 radical (unpaired) electrons. The van der Waals surface area contributed by atoms with Crippen molar-refractivity contribution in [1.29, 1.82) is 5.26 Å². The molecule has 1 saturated heterocycles. The molecule has 1 aromatic rings. The van der Waals surface area contributed by atoms with Crippen LogP contribution in [0.3, 0.4) is 0 Å². The van der Waals surface area contributed by atoms with Crippen LogP contribution in [0.2, 0.25) is 0 Å². The summed E-state index contributed by atoms with van der Waals surface area (Å²) in [5.41, 5.74) is -1.38. The van der Waals surface area contributed by atoms with Gasteiger partial charge in [0.2, 0.25) is 0 Å². The maximum absolute atomic E-state index is 12.9. The summed E-state index contributed by atoms with van der Waals surface area (Å²) in [6.07, 6.45) is -7.40. The fourth-order valence-corrected chi connectivity index (χ4v) is 3.66. The zero-order valence-electron chi connectivity index (χ0n) is 10.5. The summed E-state index contributed by atoms with van der Waals surface area (Å²) >= 11 is 0. The zero-order valence-corrected chi connectivity index (χ0v) is 11.3. The number of sulfone groups is 1. The maximum Gasteiger partial charge on any atom is 0.420 e. The maximum atomic E-state index is 12.9. The van der Waals surface area contributed by atoms with E-state index in [1.54, 1.807) is 6.07 Å². The quantitative estimate of drug-likeness (QED) is 0.882. The van der Waals surface area contributed by atoms with Crippen molar-refractivity contribution in [2.45, 2.75) is 18.4 Å². The van der Waals surface area contributed by atoms with Crippen LogP contribution in [0.4, 0.5) is 13.2 Å². The number of aliphatic hydroxyl groups is 1. The summed E-state index contributed by atoms with van der Waals surface area (Å²) in [4.78, 5) is 0. The van der Waals surface area contributed by atoms with Gasteiger partial charge in [-0.05, 0) is 18.2 Å². The molecule has 0 saturated carbocycles. The molecule has 1 aliphatic rings. The minimum atomic E-state index is -4.76. The van der Waals surface area contributed by atoms with Crippen LogP contribution in [0.25, 0.3) is 0 Å². The standard InChI is InChI=1S/C12H10F3NO4S/c13-12(14,15)8-3-7(4-16)1-2-10(8)20-11-6-21(18,19)5-9(11)17/h1-3,9,11,17H,5-6H2. The molecule has 1 fully saturated rings. The van der Waals surface area contributed by atoms with E-state index in [0.29, 0.717) is 6.07 Å². The van der Waals surface area contributed by atoms with E-state index in [9.17, 15) is 26.7 Å². The second kappa shape index (κ2) is 5.20. The van der Waals surface area contributed by atoms with Crippen molar-refractivity contribution in [3.05, 3.63) is 29.3 Å². The smallest absolute Gasteiger partial charge is 0.420 e. The minimum Gasteiger partial charge on any atom is -0.486 e. The van der Waals surface area contributed by atoms with Gasteiger partial charge in [0.05, 0.1) is 28.7 Å². The number of benzene rings is 1. The molecule has 1 N–H and O–H groups in total. The molecule has 0 bridgehead atoms. The second-order valence-electron chi connectivity index (χ2n) is 4.62. The van der Waals surface area contributed by atoms with Crippen LogP contribution in [0.15, 0.2) is 18.2 Å². The number of hydrogen-bond acceptors (Lipinski definition) is 5. The van der Waals surface area contributed by atoms with Crippen LogP contribution in [0.1, 0.15) is 11.1 Å². The number of rotatable bonds is 2. The molecule has 1 aliphatic heterocycles. The Hall–Kier alpha value is -1.79. The van der Waals surface area contributed by atoms with E-state index in [1.165, 1.54) is 0 Å². The Labute approximate surface area is 118 Å². The van der Waals surface area contributed by atoms with Gasteiger partial charge in [0.1, 0.15) is 18.0 Å². The lowest BCUT2D eigenvalue weighted by atomic mass is 10.1. The number of nitriles is 1. The Kier molecular flexibility index (Phi) is 3.86. The van der Waals surface area contributed by atoms with E-state index in [1.807, 2.05) is 0 Å². The molecule has 114 valence electrons. The summed E-state index contributed by atoms with van der Waals surface area (Å²) in [6.45, 7) is 0. The molecule has 9 heteroatoms. The lowest BCUT2D eigenvalue weighted by molar-refractivity contribution is -0.139. The lowest BCUT2D eigenvalue weighted by Crippen LogP contribution is -2.30. The van der Waals surface area contributed by atoms with Crippen molar-refractivity contribution in [3.8, 4) is 11.8 Å². The van der Waals surface area contributed by atoms with Gasteiger partial charge in [-0.2, -0.15) is 18.4 Å². The van der Waals surface area contributed by atoms with Crippen molar-refractivity contribution in [2.24, 2.45) is 0 Å². The van der Waals surface area contributed by atoms with Gasteiger partial charge in [-0.25, -0.2) is 8.42 Å². The van der Waals surface area contributed by atoms with Crippen LogP contribution in [-0.4, -0.2) is 37.2 Å². The minimum absolute atomic E-state index is 0.200. The molecule has 0 aliphatic carbocycles. The van der Waals surface area contributed by atoms with E-state index in [4.69, 9.17) is 10.00 Å². The first-order valence-corrected chi connectivity index (χ1v) is 7.61. The number of hydrogen-bond donors (Lipinski definition) is 1. The number of alkyl halides is 3. The molecule has 2 unspecified atom stereocenters. The summed E-state index contributed by atoms with van der Waals surface area (Å²) < 4.78 is 66.4. The Morgan fingerprint density at radius 2 is 2.00 bits per heavy atom. The van der Waals surface area contributed by atoms with E-state index in [2.05, 4.69) is 0 Å². The molecular formula is C12H10F3NO4S. The molecule has 0 aromatic heterocycles.